The summed E-state index contributed by atoms with van der Waals surface area (Å²) < 4.78 is 11.1. The average molecular weight is 272 g/mol. The van der Waals surface area contributed by atoms with Gasteiger partial charge in [-0.25, -0.2) is 0 Å². The molecule has 1 saturated heterocycles. The van der Waals surface area contributed by atoms with E-state index in [4.69, 9.17) is 9.47 Å². The third-order valence-electron chi connectivity index (χ3n) is 3.82. The molecule has 1 aliphatic rings. The molecule has 1 aliphatic heterocycles. The molecule has 0 spiro atoms. The van der Waals surface area contributed by atoms with Crippen LogP contribution in [0.3, 0.4) is 0 Å². The quantitative estimate of drug-likeness (QED) is 0.545. The number of unbranched alkanes of at least 4 members (excludes halogenated alkanes) is 1. The SMILES string of the molecule is CCCCOC(=O)C(C)C1CCC(CC(O)CC)O1. The Balaban J connectivity index is 2.30. The number of carbonyl (C=O) groups excluding carboxylic acids is 1. The van der Waals surface area contributed by atoms with Gasteiger partial charge in [0.25, 0.3) is 0 Å². The molecule has 1 N–H and O–H groups in total. The van der Waals surface area contributed by atoms with Crippen molar-refractivity contribution in [2.45, 2.75) is 77.6 Å². The van der Waals surface area contributed by atoms with Gasteiger partial charge in [0, 0.05) is 0 Å². The zero-order chi connectivity index (χ0) is 14.3. The lowest BCUT2D eigenvalue weighted by Crippen LogP contribution is -2.28. The van der Waals surface area contributed by atoms with Crippen LogP contribution < -0.4 is 0 Å². The largest absolute Gasteiger partial charge is 0.465 e. The number of aliphatic hydroxyl groups excluding tert-OH is 1. The lowest BCUT2D eigenvalue weighted by Gasteiger charge is -2.20. The summed E-state index contributed by atoms with van der Waals surface area (Å²) in [6.07, 6.45) is 4.90. The van der Waals surface area contributed by atoms with Gasteiger partial charge in [0.2, 0.25) is 0 Å². The summed E-state index contributed by atoms with van der Waals surface area (Å²) in [6.45, 7) is 6.41. The Labute approximate surface area is 116 Å². The molecule has 112 valence electrons. The van der Waals surface area contributed by atoms with E-state index in [-0.39, 0.29) is 30.2 Å². The Bertz CT molecular complexity index is 267. The van der Waals surface area contributed by atoms with Crippen LogP contribution in [0.2, 0.25) is 0 Å². The molecule has 0 bridgehead atoms. The molecule has 0 aromatic rings. The van der Waals surface area contributed by atoms with E-state index in [2.05, 4.69) is 6.92 Å². The van der Waals surface area contributed by atoms with Crippen LogP contribution in [0.15, 0.2) is 0 Å². The van der Waals surface area contributed by atoms with E-state index in [1.807, 2.05) is 13.8 Å². The van der Waals surface area contributed by atoms with Gasteiger partial charge in [0.1, 0.15) is 0 Å². The molecule has 0 radical (unpaired) electrons. The second-order valence-electron chi connectivity index (χ2n) is 5.48. The van der Waals surface area contributed by atoms with Gasteiger partial charge in [-0.15, -0.1) is 0 Å². The number of hydrogen-bond donors (Lipinski definition) is 1. The maximum absolute atomic E-state index is 11.8. The Morgan fingerprint density at radius 3 is 2.79 bits per heavy atom. The number of carbonyl (C=O) groups is 1. The minimum atomic E-state index is -0.296. The van der Waals surface area contributed by atoms with Crippen LogP contribution in [0.1, 0.15) is 59.3 Å². The molecule has 0 aromatic carbocycles. The van der Waals surface area contributed by atoms with Crippen molar-refractivity contribution in [1.82, 2.24) is 0 Å². The van der Waals surface area contributed by atoms with Gasteiger partial charge < -0.3 is 14.6 Å². The topological polar surface area (TPSA) is 55.8 Å². The highest BCUT2D eigenvalue weighted by Crippen LogP contribution is 2.29. The molecular weight excluding hydrogens is 244 g/mol. The third-order valence-corrected chi connectivity index (χ3v) is 3.82. The predicted octanol–water partition coefficient (Wildman–Crippen LogP) is 2.67. The van der Waals surface area contributed by atoms with Crippen molar-refractivity contribution in [3.05, 3.63) is 0 Å². The zero-order valence-corrected chi connectivity index (χ0v) is 12.4. The standard InChI is InChI=1S/C15H28O4/c1-4-6-9-18-15(17)11(3)14-8-7-13(19-14)10-12(16)5-2/h11-14,16H,4-10H2,1-3H3. The Morgan fingerprint density at radius 1 is 1.42 bits per heavy atom. The van der Waals surface area contributed by atoms with Crippen molar-refractivity contribution in [3.8, 4) is 0 Å². The second kappa shape index (κ2) is 8.54. The van der Waals surface area contributed by atoms with E-state index >= 15 is 0 Å². The molecule has 19 heavy (non-hydrogen) atoms. The Hall–Kier alpha value is -0.610. The lowest BCUT2D eigenvalue weighted by atomic mass is 10.0. The van der Waals surface area contributed by atoms with Gasteiger partial charge in [0.15, 0.2) is 0 Å². The van der Waals surface area contributed by atoms with Crippen LogP contribution in [0.4, 0.5) is 0 Å². The molecule has 1 heterocycles. The summed E-state index contributed by atoms with van der Waals surface area (Å²) in [5.41, 5.74) is 0. The maximum atomic E-state index is 11.8. The molecule has 1 fully saturated rings. The number of rotatable bonds is 8. The van der Waals surface area contributed by atoms with Gasteiger partial charge in [-0.1, -0.05) is 20.3 Å². The highest BCUT2D eigenvalue weighted by Gasteiger charge is 2.34. The minimum absolute atomic E-state index is 0.0526. The van der Waals surface area contributed by atoms with Crippen molar-refractivity contribution in [1.29, 1.82) is 0 Å². The number of ether oxygens (including phenoxy) is 2. The smallest absolute Gasteiger partial charge is 0.311 e. The van der Waals surface area contributed by atoms with E-state index in [9.17, 15) is 9.90 Å². The fourth-order valence-electron chi connectivity index (χ4n) is 2.35. The highest BCUT2D eigenvalue weighted by molar-refractivity contribution is 5.72. The molecule has 4 heteroatoms. The molecule has 0 aromatic heterocycles. The van der Waals surface area contributed by atoms with Gasteiger partial charge in [-0.05, 0) is 39.0 Å². The van der Waals surface area contributed by atoms with E-state index in [1.54, 1.807) is 0 Å². The summed E-state index contributed by atoms with van der Waals surface area (Å²) in [7, 11) is 0. The number of esters is 1. The highest BCUT2D eigenvalue weighted by atomic mass is 16.5. The van der Waals surface area contributed by atoms with Gasteiger partial charge in [0.05, 0.1) is 30.8 Å². The molecule has 0 aliphatic carbocycles. The molecule has 4 unspecified atom stereocenters. The van der Waals surface area contributed by atoms with Crippen LogP contribution in [-0.4, -0.2) is 36.0 Å². The van der Waals surface area contributed by atoms with Crippen molar-refractivity contribution in [3.63, 3.8) is 0 Å². The predicted molar refractivity (Wildman–Crippen MR) is 73.8 cm³/mol. The average Bonchev–Trinajstić information content (AvgIpc) is 2.86. The number of hydrogen-bond acceptors (Lipinski definition) is 4. The van der Waals surface area contributed by atoms with Gasteiger partial charge in [-0.3, -0.25) is 4.79 Å². The minimum Gasteiger partial charge on any atom is -0.465 e. The van der Waals surface area contributed by atoms with Crippen molar-refractivity contribution >= 4 is 5.97 Å². The summed E-state index contributed by atoms with van der Waals surface area (Å²) in [6, 6.07) is 0. The first kappa shape index (κ1) is 16.4. The van der Waals surface area contributed by atoms with Crippen LogP contribution in [0, 0.1) is 5.92 Å². The van der Waals surface area contributed by atoms with E-state index < -0.39 is 0 Å². The fraction of sp³-hybridized carbons (Fsp3) is 0.933. The normalized spacial score (nSPS) is 26.1. The lowest BCUT2D eigenvalue weighted by molar-refractivity contribution is -0.153. The molecule has 0 saturated carbocycles. The molecular formula is C15H28O4. The molecule has 0 amide bonds. The molecule has 4 nitrogen and oxygen atoms in total. The van der Waals surface area contributed by atoms with E-state index in [0.717, 1.165) is 32.1 Å². The molecule has 4 atom stereocenters. The van der Waals surface area contributed by atoms with E-state index in [0.29, 0.717) is 13.0 Å². The first-order valence-corrected chi connectivity index (χ1v) is 7.58. The van der Waals surface area contributed by atoms with Gasteiger partial charge >= 0.3 is 5.97 Å². The van der Waals surface area contributed by atoms with Crippen molar-refractivity contribution < 1.29 is 19.4 Å². The Morgan fingerprint density at radius 2 is 2.16 bits per heavy atom. The zero-order valence-electron chi connectivity index (χ0n) is 12.4. The fourth-order valence-corrected chi connectivity index (χ4v) is 2.35. The van der Waals surface area contributed by atoms with E-state index in [1.165, 1.54) is 0 Å². The summed E-state index contributed by atoms with van der Waals surface area (Å²) >= 11 is 0. The summed E-state index contributed by atoms with van der Waals surface area (Å²) in [4.78, 5) is 11.8. The van der Waals surface area contributed by atoms with Crippen LogP contribution in [0.5, 0.6) is 0 Å². The number of aliphatic hydroxyl groups is 1. The Kier molecular flexibility index (Phi) is 7.39. The van der Waals surface area contributed by atoms with Crippen molar-refractivity contribution in [2.24, 2.45) is 5.92 Å². The maximum Gasteiger partial charge on any atom is 0.311 e. The van der Waals surface area contributed by atoms with Crippen LogP contribution in [0.25, 0.3) is 0 Å². The van der Waals surface area contributed by atoms with Crippen LogP contribution in [-0.2, 0) is 14.3 Å². The monoisotopic (exact) mass is 272 g/mol. The van der Waals surface area contributed by atoms with Crippen LogP contribution >= 0.6 is 0 Å². The molecule has 1 rings (SSSR count). The van der Waals surface area contributed by atoms with Gasteiger partial charge in [-0.2, -0.15) is 0 Å². The first-order chi connectivity index (χ1) is 9.08. The summed E-state index contributed by atoms with van der Waals surface area (Å²) in [5.74, 6) is -0.365. The first-order valence-electron chi connectivity index (χ1n) is 7.58. The van der Waals surface area contributed by atoms with Crippen molar-refractivity contribution in [2.75, 3.05) is 6.61 Å². The summed E-state index contributed by atoms with van der Waals surface area (Å²) in [5, 5.41) is 9.62. The second-order valence-corrected chi connectivity index (χ2v) is 5.48. The third kappa shape index (κ3) is 5.49.